The second-order valence-corrected chi connectivity index (χ2v) is 4.51. The van der Waals surface area contributed by atoms with Gasteiger partial charge in [-0.2, -0.15) is 0 Å². The Morgan fingerprint density at radius 1 is 1.40 bits per heavy atom. The molecule has 0 aliphatic carbocycles. The largest absolute Gasteiger partial charge is 0.496 e. The highest BCUT2D eigenvalue weighted by molar-refractivity contribution is 9.10. The van der Waals surface area contributed by atoms with Gasteiger partial charge < -0.3 is 10.5 Å². The van der Waals surface area contributed by atoms with Crippen molar-refractivity contribution < 1.29 is 4.74 Å². The van der Waals surface area contributed by atoms with Crippen LogP contribution in [0.3, 0.4) is 0 Å². The maximum atomic E-state index is 5.52. The zero-order valence-corrected chi connectivity index (χ0v) is 11.1. The Bertz CT molecular complexity index is 350. The van der Waals surface area contributed by atoms with Gasteiger partial charge in [0.1, 0.15) is 5.75 Å². The minimum absolute atomic E-state index is 0.720. The number of methoxy groups -OCH3 is 1. The Kier molecular flexibility index (Phi) is 4.61. The van der Waals surface area contributed by atoms with E-state index in [0.29, 0.717) is 0 Å². The first-order chi connectivity index (χ1) is 7.11. The summed E-state index contributed by atoms with van der Waals surface area (Å²) in [4.78, 5) is 0. The van der Waals surface area contributed by atoms with E-state index in [1.165, 1.54) is 16.7 Å². The summed E-state index contributed by atoms with van der Waals surface area (Å²) in [5, 5.41) is 0. The van der Waals surface area contributed by atoms with E-state index in [4.69, 9.17) is 10.5 Å². The maximum absolute atomic E-state index is 5.52. The Morgan fingerprint density at radius 3 is 2.60 bits per heavy atom. The molecule has 0 fully saturated rings. The van der Waals surface area contributed by atoms with Gasteiger partial charge in [-0.05, 0) is 44.4 Å². The Labute approximate surface area is 99.9 Å². The van der Waals surface area contributed by atoms with Crippen LogP contribution in [0.1, 0.15) is 23.1 Å². The fourth-order valence-corrected chi connectivity index (χ4v) is 2.08. The third kappa shape index (κ3) is 2.73. The van der Waals surface area contributed by atoms with E-state index in [-0.39, 0.29) is 0 Å². The van der Waals surface area contributed by atoms with Crippen molar-refractivity contribution in [2.45, 2.75) is 26.7 Å². The highest BCUT2D eigenvalue weighted by Crippen LogP contribution is 2.33. The van der Waals surface area contributed by atoms with Crippen molar-refractivity contribution >= 4 is 15.9 Å². The molecule has 0 amide bonds. The first kappa shape index (κ1) is 12.5. The van der Waals surface area contributed by atoms with Gasteiger partial charge in [0.15, 0.2) is 0 Å². The third-order valence-corrected chi connectivity index (χ3v) is 3.77. The lowest BCUT2D eigenvalue weighted by atomic mass is 10.0. The first-order valence-corrected chi connectivity index (χ1v) is 5.93. The van der Waals surface area contributed by atoms with Gasteiger partial charge in [0.05, 0.1) is 7.11 Å². The lowest BCUT2D eigenvalue weighted by molar-refractivity contribution is 0.405. The molecule has 84 valence electrons. The highest BCUT2D eigenvalue weighted by Gasteiger charge is 2.11. The molecule has 0 heterocycles. The molecular formula is C12H18BrNO. The van der Waals surface area contributed by atoms with E-state index in [1.54, 1.807) is 7.11 Å². The van der Waals surface area contributed by atoms with E-state index < -0.39 is 0 Å². The lowest BCUT2D eigenvalue weighted by Gasteiger charge is -2.14. The lowest BCUT2D eigenvalue weighted by Crippen LogP contribution is -2.03. The number of halogens is 1. The van der Waals surface area contributed by atoms with Crippen molar-refractivity contribution in [3.8, 4) is 5.75 Å². The fraction of sp³-hybridized carbons (Fsp3) is 0.500. The summed E-state index contributed by atoms with van der Waals surface area (Å²) in [7, 11) is 1.72. The van der Waals surface area contributed by atoms with E-state index in [0.717, 1.165) is 29.6 Å². The van der Waals surface area contributed by atoms with E-state index in [1.807, 2.05) is 0 Å². The van der Waals surface area contributed by atoms with Gasteiger partial charge in [-0.1, -0.05) is 22.0 Å². The van der Waals surface area contributed by atoms with Crippen molar-refractivity contribution in [3.63, 3.8) is 0 Å². The number of rotatable bonds is 4. The third-order valence-electron chi connectivity index (χ3n) is 2.55. The molecule has 0 unspecified atom stereocenters. The minimum Gasteiger partial charge on any atom is -0.496 e. The van der Waals surface area contributed by atoms with Crippen LogP contribution in [-0.2, 0) is 6.42 Å². The average Bonchev–Trinajstić information content (AvgIpc) is 2.23. The maximum Gasteiger partial charge on any atom is 0.126 e. The van der Waals surface area contributed by atoms with Gasteiger partial charge in [0.2, 0.25) is 0 Å². The van der Waals surface area contributed by atoms with Crippen LogP contribution in [0.5, 0.6) is 5.75 Å². The van der Waals surface area contributed by atoms with E-state index in [2.05, 4.69) is 35.8 Å². The quantitative estimate of drug-likeness (QED) is 0.914. The highest BCUT2D eigenvalue weighted by atomic mass is 79.9. The zero-order chi connectivity index (χ0) is 11.4. The molecule has 0 saturated carbocycles. The molecule has 0 bridgehead atoms. The molecule has 0 radical (unpaired) electrons. The summed E-state index contributed by atoms with van der Waals surface area (Å²) >= 11 is 3.57. The molecule has 2 N–H and O–H groups in total. The number of nitrogens with two attached hydrogens (primary N) is 1. The standard InChI is InChI=1S/C12H18BrNO/c1-8-7-10(5-4-6-14)12(15-3)9(2)11(8)13/h7H,4-6,14H2,1-3H3. The summed E-state index contributed by atoms with van der Waals surface area (Å²) in [5.41, 5.74) is 9.20. The molecule has 2 nitrogen and oxygen atoms in total. The molecule has 0 spiro atoms. The summed E-state index contributed by atoms with van der Waals surface area (Å²) < 4.78 is 6.57. The van der Waals surface area contributed by atoms with E-state index >= 15 is 0 Å². The van der Waals surface area contributed by atoms with Crippen LogP contribution in [0.25, 0.3) is 0 Å². The van der Waals surface area contributed by atoms with Crippen LogP contribution in [0.15, 0.2) is 10.5 Å². The average molecular weight is 272 g/mol. The second kappa shape index (κ2) is 5.52. The summed E-state index contributed by atoms with van der Waals surface area (Å²) in [5.74, 6) is 0.987. The molecule has 3 heteroatoms. The van der Waals surface area contributed by atoms with Crippen molar-refractivity contribution in [2.24, 2.45) is 5.73 Å². The molecule has 1 aromatic carbocycles. The van der Waals surface area contributed by atoms with Crippen LogP contribution in [-0.4, -0.2) is 13.7 Å². The van der Waals surface area contributed by atoms with Crippen LogP contribution in [0.2, 0.25) is 0 Å². The Balaban J connectivity index is 3.13. The van der Waals surface area contributed by atoms with Crippen LogP contribution in [0, 0.1) is 13.8 Å². The monoisotopic (exact) mass is 271 g/mol. The summed E-state index contributed by atoms with van der Waals surface area (Å²) in [6.07, 6.45) is 1.98. The number of aryl methyl sites for hydroxylation is 2. The second-order valence-electron chi connectivity index (χ2n) is 3.72. The molecule has 1 rings (SSSR count). The minimum atomic E-state index is 0.720. The van der Waals surface area contributed by atoms with Gasteiger partial charge in [0.25, 0.3) is 0 Å². The van der Waals surface area contributed by atoms with Gasteiger partial charge in [-0.25, -0.2) is 0 Å². The molecule has 0 saturated heterocycles. The van der Waals surface area contributed by atoms with Crippen molar-refractivity contribution in [1.29, 1.82) is 0 Å². The topological polar surface area (TPSA) is 35.2 Å². The number of hydrogen-bond acceptors (Lipinski definition) is 2. The summed E-state index contributed by atoms with van der Waals surface area (Å²) in [6.45, 7) is 4.89. The number of hydrogen-bond donors (Lipinski definition) is 1. The molecule has 0 aliphatic heterocycles. The van der Waals surface area contributed by atoms with Crippen LogP contribution >= 0.6 is 15.9 Å². The van der Waals surface area contributed by atoms with Gasteiger partial charge in [0, 0.05) is 10.0 Å². The van der Waals surface area contributed by atoms with Crippen LogP contribution in [0.4, 0.5) is 0 Å². The molecule has 0 atom stereocenters. The molecule has 0 aliphatic rings. The van der Waals surface area contributed by atoms with Gasteiger partial charge in [-0.3, -0.25) is 0 Å². The normalized spacial score (nSPS) is 10.5. The predicted molar refractivity (Wildman–Crippen MR) is 67.5 cm³/mol. The van der Waals surface area contributed by atoms with Gasteiger partial charge >= 0.3 is 0 Å². The first-order valence-electron chi connectivity index (χ1n) is 5.14. The SMILES string of the molecule is COc1c(CCCN)cc(C)c(Br)c1C. The Hall–Kier alpha value is -0.540. The molecule has 15 heavy (non-hydrogen) atoms. The van der Waals surface area contributed by atoms with Crippen LogP contribution < -0.4 is 10.5 Å². The zero-order valence-electron chi connectivity index (χ0n) is 9.56. The fourth-order valence-electron chi connectivity index (χ4n) is 1.79. The summed E-state index contributed by atoms with van der Waals surface area (Å²) in [6, 6.07) is 2.17. The van der Waals surface area contributed by atoms with Gasteiger partial charge in [-0.15, -0.1) is 0 Å². The Morgan fingerprint density at radius 2 is 2.07 bits per heavy atom. The molecule has 1 aromatic rings. The predicted octanol–water partition coefficient (Wildman–Crippen LogP) is 2.97. The number of benzene rings is 1. The molecule has 0 aromatic heterocycles. The molecular weight excluding hydrogens is 254 g/mol. The van der Waals surface area contributed by atoms with Crippen molar-refractivity contribution in [3.05, 3.63) is 27.2 Å². The van der Waals surface area contributed by atoms with E-state index in [9.17, 15) is 0 Å². The number of ether oxygens (including phenoxy) is 1. The smallest absolute Gasteiger partial charge is 0.126 e. The van der Waals surface area contributed by atoms with Crippen molar-refractivity contribution in [2.75, 3.05) is 13.7 Å². The van der Waals surface area contributed by atoms with Crippen molar-refractivity contribution in [1.82, 2.24) is 0 Å².